The van der Waals surface area contributed by atoms with Gasteiger partial charge in [-0.2, -0.15) is 0 Å². The molecule has 1 aliphatic carbocycles. The van der Waals surface area contributed by atoms with E-state index in [0.717, 1.165) is 25.8 Å². The van der Waals surface area contributed by atoms with Gasteiger partial charge >= 0.3 is 0 Å². The van der Waals surface area contributed by atoms with Gasteiger partial charge in [0, 0.05) is 18.7 Å². The van der Waals surface area contributed by atoms with Crippen LogP contribution in [0.2, 0.25) is 0 Å². The smallest absolute Gasteiger partial charge is 0.0951 e. The average molecular weight is 162 g/mol. The molecule has 1 aromatic rings. The lowest BCUT2D eigenvalue weighted by Crippen LogP contribution is -2.08. The van der Waals surface area contributed by atoms with Gasteiger partial charge in [-0.15, -0.1) is 0 Å². The standard InChI is InChI=1S/C10H14N2/c1-3-12-7-11-9-6-8(2)4-5-10(9)12/h7H,2-6H2,1H3. The Morgan fingerprint density at radius 3 is 3.17 bits per heavy atom. The van der Waals surface area contributed by atoms with Crippen LogP contribution in [0.15, 0.2) is 18.5 Å². The minimum atomic E-state index is 0.988. The van der Waals surface area contributed by atoms with E-state index in [-0.39, 0.29) is 0 Å². The Morgan fingerprint density at radius 1 is 1.58 bits per heavy atom. The van der Waals surface area contributed by atoms with Crippen LogP contribution in [0.3, 0.4) is 0 Å². The first-order chi connectivity index (χ1) is 5.81. The summed E-state index contributed by atoms with van der Waals surface area (Å²) in [6.07, 6.45) is 5.20. The third kappa shape index (κ3) is 1.07. The number of aryl methyl sites for hydroxylation is 1. The molecule has 1 aliphatic rings. The van der Waals surface area contributed by atoms with Gasteiger partial charge in [-0.25, -0.2) is 4.98 Å². The van der Waals surface area contributed by atoms with Crippen LogP contribution < -0.4 is 0 Å². The summed E-state index contributed by atoms with van der Waals surface area (Å²) < 4.78 is 2.24. The largest absolute Gasteiger partial charge is 0.335 e. The number of nitrogens with zero attached hydrogens (tertiary/aromatic N) is 2. The van der Waals surface area contributed by atoms with Gasteiger partial charge in [0.15, 0.2) is 0 Å². The molecule has 0 N–H and O–H groups in total. The number of hydrogen-bond acceptors (Lipinski definition) is 1. The van der Waals surface area contributed by atoms with Gasteiger partial charge in [0.1, 0.15) is 0 Å². The topological polar surface area (TPSA) is 17.8 Å². The van der Waals surface area contributed by atoms with Gasteiger partial charge in [-0.05, 0) is 19.8 Å². The number of rotatable bonds is 1. The Labute approximate surface area is 72.9 Å². The molecule has 0 aromatic carbocycles. The van der Waals surface area contributed by atoms with Gasteiger partial charge in [0.05, 0.1) is 12.0 Å². The molecule has 2 heteroatoms. The van der Waals surface area contributed by atoms with Crippen molar-refractivity contribution < 1.29 is 0 Å². The summed E-state index contributed by atoms with van der Waals surface area (Å²) in [6.45, 7) is 7.19. The summed E-state index contributed by atoms with van der Waals surface area (Å²) in [5.41, 5.74) is 3.99. The van der Waals surface area contributed by atoms with Crippen molar-refractivity contribution >= 4 is 0 Å². The number of hydrogen-bond donors (Lipinski definition) is 0. The average Bonchev–Trinajstić information content (AvgIpc) is 2.46. The monoisotopic (exact) mass is 162 g/mol. The van der Waals surface area contributed by atoms with E-state index in [1.165, 1.54) is 17.0 Å². The molecule has 2 nitrogen and oxygen atoms in total. The number of aromatic nitrogens is 2. The van der Waals surface area contributed by atoms with E-state index < -0.39 is 0 Å². The minimum absolute atomic E-state index is 0.988. The second-order valence-electron chi connectivity index (χ2n) is 3.35. The summed E-state index contributed by atoms with van der Waals surface area (Å²) in [6, 6.07) is 0. The van der Waals surface area contributed by atoms with Gasteiger partial charge < -0.3 is 4.57 Å². The zero-order chi connectivity index (χ0) is 8.55. The van der Waals surface area contributed by atoms with Crippen LogP contribution in [0, 0.1) is 0 Å². The van der Waals surface area contributed by atoms with Crippen LogP contribution >= 0.6 is 0 Å². The lowest BCUT2D eigenvalue weighted by atomic mass is 9.97. The van der Waals surface area contributed by atoms with E-state index >= 15 is 0 Å². The van der Waals surface area contributed by atoms with Crippen molar-refractivity contribution in [1.29, 1.82) is 0 Å². The third-order valence-electron chi connectivity index (χ3n) is 2.51. The Morgan fingerprint density at radius 2 is 2.42 bits per heavy atom. The molecule has 0 saturated carbocycles. The highest BCUT2D eigenvalue weighted by Crippen LogP contribution is 2.22. The van der Waals surface area contributed by atoms with Gasteiger partial charge in [-0.3, -0.25) is 0 Å². The first kappa shape index (κ1) is 7.59. The van der Waals surface area contributed by atoms with E-state index in [4.69, 9.17) is 0 Å². The third-order valence-corrected chi connectivity index (χ3v) is 2.51. The van der Waals surface area contributed by atoms with Gasteiger partial charge in [-0.1, -0.05) is 12.2 Å². The molecule has 0 radical (unpaired) electrons. The molecule has 0 unspecified atom stereocenters. The molecule has 1 aromatic heterocycles. The quantitative estimate of drug-likeness (QED) is 0.577. The van der Waals surface area contributed by atoms with Crippen molar-refractivity contribution in [1.82, 2.24) is 9.55 Å². The molecule has 0 saturated heterocycles. The first-order valence-electron chi connectivity index (χ1n) is 4.50. The van der Waals surface area contributed by atoms with Crippen LogP contribution in [0.5, 0.6) is 0 Å². The van der Waals surface area contributed by atoms with Crippen LogP contribution in [-0.4, -0.2) is 9.55 Å². The van der Waals surface area contributed by atoms with Crippen LogP contribution in [-0.2, 0) is 19.4 Å². The molecule has 0 amide bonds. The second-order valence-corrected chi connectivity index (χ2v) is 3.35. The highest BCUT2D eigenvalue weighted by molar-refractivity contribution is 5.24. The fraction of sp³-hybridized carbons (Fsp3) is 0.500. The van der Waals surface area contributed by atoms with E-state index in [1.807, 2.05) is 6.33 Å². The number of imidazole rings is 1. The van der Waals surface area contributed by atoms with Crippen molar-refractivity contribution in [2.24, 2.45) is 0 Å². The molecule has 12 heavy (non-hydrogen) atoms. The molecule has 0 aliphatic heterocycles. The van der Waals surface area contributed by atoms with Crippen molar-refractivity contribution in [3.63, 3.8) is 0 Å². The molecule has 0 fully saturated rings. The van der Waals surface area contributed by atoms with E-state index in [1.54, 1.807) is 0 Å². The molecular formula is C10H14N2. The highest BCUT2D eigenvalue weighted by Gasteiger charge is 2.15. The van der Waals surface area contributed by atoms with E-state index in [9.17, 15) is 0 Å². The molecule has 64 valence electrons. The zero-order valence-electron chi connectivity index (χ0n) is 7.51. The summed E-state index contributed by atoms with van der Waals surface area (Å²) in [7, 11) is 0. The lowest BCUT2D eigenvalue weighted by molar-refractivity contribution is 0.682. The minimum Gasteiger partial charge on any atom is -0.335 e. The maximum Gasteiger partial charge on any atom is 0.0951 e. The van der Waals surface area contributed by atoms with E-state index in [0.29, 0.717) is 0 Å². The van der Waals surface area contributed by atoms with Crippen LogP contribution in [0.25, 0.3) is 0 Å². The van der Waals surface area contributed by atoms with Crippen molar-refractivity contribution in [2.45, 2.75) is 32.7 Å². The Hall–Kier alpha value is -1.05. The zero-order valence-corrected chi connectivity index (χ0v) is 7.51. The Kier molecular flexibility index (Phi) is 1.75. The summed E-state index contributed by atoms with van der Waals surface area (Å²) in [5.74, 6) is 0. The first-order valence-corrected chi connectivity index (χ1v) is 4.50. The Balaban J connectivity index is 2.38. The molecular weight excluding hydrogens is 148 g/mol. The van der Waals surface area contributed by atoms with Crippen molar-refractivity contribution in [2.75, 3.05) is 0 Å². The van der Waals surface area contributed by atoms with E-state index in [2.05, 4.69) is 23.1 Å². The SMILES string of the molecule is C=C1CCc2c(ncn2CC)C1. The predicted molar refractivity (Wildman–Crippen MR) is 49.1 cm³/mol. The maximum absolute atomic E-state index is 4.38. The summed E-state index contributed by atoms with van der Waals surface area (Å²) >= 11 is 0. The fourth-order valence-electron chi connectivity index (χ4n) is 1.78. The van der Waals surface area contributed by atoms with Crippen molar-refractivity contribution in [3.8, 4) is 0 Å². The number of fused-ring (bicyclic) bond motifs is 1. The second kappa shape index (κ2) is 2.77. The van der Waals surface area contributed by atoms with Gasteiger partial charge in [0.25, 0.3) is 0 Å². The predicted octanol–water partition coefficient (Wildman–Crippen LogP) is 1.95. The van der Waals surface area contributed by atoms with Crippen LogP contribution in [0.4, 0.5) is 0 Å². The summed E-state index contributed by atoms with van der Waals surface area (Å²) in [4.78, 5) is 4.38. The molecule has 0 spiro atoms. The lowest BCUT2D eigenvalue weighted by Gasteiger charge is -2.14. The maximum atomic E-state index is 4.38. The van der Waals surface area contributed by atoms with Crippen LogP contribution in [0.1, 0.15) is 24.7 Å². The van der Waals surface area contributed by atoms with Crippen molar-refractivity contribution in [3.05, 3.63) is 29.9 Å². The molecule has 2 rings (SSSR count). The fourth-order valence-corrected chi connectivity index (χ4v) is 1.78. The Bertz CT molecular complexity index is 310. The highest BCUT2D eigenvalue weighted by atomic mass is 15.1. The molecule has 0 atom stereocenters. The molecule has 1 heterocycles. The van der Waals surface area contributed by atoms with Gasteiger partial charge in [0.2, 0.25) is 0 Å². The normalized spacial score (nSPS) is 16.2. The number of allylic oxidation sites excluding steroid dienone is 1. The summed E-state index contributed by atoms with van der Waals surface area (Å²) in [5, 5.41) is 0. The molecule has 0 bridgehead atoms.